The largest absolute Gasteiger partial charge is 0.309 e. The summed E-state index contributed by atoms with van der Waals surface area (Å²) in [4.78, 5) is 9.83. The smallest absolute Gasteiger partial charge is 0.305 e. The summed E-state index contributed by atoms with van der Waals surface area (Å²) in [5.74, 6) is -1.89. The molecule has 0 bridgehead atoms. The number of nitro groups is 1. The molecule has 2 atom stereocenters. The number of nitrogens with one attached hydrogen (secondary N) is 1. The highest BCUT2D eigenvalue weighted by atomic mass is 32.2. The molecule has 7 heteroatoms. The number of hydrogen-bond acceptors (Lipinski definition) is 4. The fourth-order valence-corrected chi connectivity index (χ4v) is 3.50. The minimum Gasteiger partial charge on any atom is -0.309 e. The van der Waals surface area contributed by atoms with Gasteiger partial charge in [0, 0.05) is 35.5 Å². The van der Waals surface area contributed by atoms with Gasteiger partial charge in [0.2, 0.25) is 5.82 Å². The van der Waals surface area contributed by atoms with Crippen molar-refractivity contribution < 1.29 is 13.7 Å². The molecule has 0 aliphatic heterocycles. The van der Waals surface area contributed by atoms with Crippen LogP contribution in [0.2, 0.25) is 0 Å². The summed E-state index contributed by atoms with van der Waals surface area (Å²) in [5.41, 5.74) is -0.555. The maximum atomic E-state index is 13.6. The zero-order valence-corrected chi connectivity index (χ0v) is 11.9. The Morgan fingerprint density at radius 2 is 2.15 bits per heavy atom. The molecule has 110 valence electrons. The lowest BCUT2D eigenvalue weighted by atomic mass is 10.1. The van der Waals surface area contributed by atoms with Gasteiger partial charge in [-0.3, -0.25) is 10.1 Å². The standard InChI is InChI=1S/C13H16F2N2O2S/c1-20-13-4-2-3-11(13)16-7-8-5-12(17(18)19)10(15)6-9(8)14/h5-6,11,13,16H,2-4,7H2,1H3. The molecular formula is C13H16F2N2O2S. The van der Waals surface area contributed by atoms with Crippen molar-refractivity contribution in [3.05, 3.63) is 39.4 Å². The molecule has 2 unspecified atom stereocenters. The fourth-order valence-electron chi connectivity index (χ4n) is 2.54. The topological polar surface area (TPSA) is 55.2 Å². The summed E-state index contributed by atoms with van der Waals surface area (Å²) in [6.07, 6.45) is 5.28. The van der Waals surface area contributed by atoms with E-state index in [-0.39, 0.29) is 18.2 Å². The van der Waals surface area contributed by atoms with Gasteiger partial charge in [-0.1, -0.05) is 6.42 Å². The molecule has 1 aliphatic rings. The molecular weight excluding hydrogens is 286 g/mol. The Balaban J connectivity index is 2.09. The van der Waals surface area contributed by atoms with Crippen molar-refractivity contribution >= 4 is 17.4 Å². The second-order valence-electron chi connectivity index (χ2n) is 4.84. The van der Waals surface area contributed by atoms with E-state index in [1.54, 1.807) is 11.8 Å². The molecule has 1 saturated carbocycles. The van der Waals surface area contributed by atoms with Crippen LogP contribution >= 0.6 is 11.8 Å². The first-order valence-electron chi connectivity index (χ1n) is 6.41. The molecule has 1 aromatic rings. The van der Waals surface area contributed by atoms with Crippen LogP contribution in [0.15, 0.2) is 12.1 Å². The maximum Gasteiger partial charge on any atom is 0.305 e. The van der Waals surface area contributed by atoms with E-state index >= 15 is 0 Å². The summed E-state index contributed by atoms with van der Waals surface area (Å²) >= 11 is 1.77. The lowest BCUT2D eigenvalue weighted by Gasteiger charge is -2.19. The highest BCUT2D eigenvalue weighted by Gasteiger charge is 2.26. The predicted octanol–water partition coefficient (Wildman–Crippen LogP) is 3.25. The van der Waals surface area contributed by atoms with Crippen molar-refractivity contribution in [3.63, 3.8) is 0 Å². The van der Waals surface area contributed by atoms with E-state index in [4.69, 9.17) is 0 Å². The molecule has 0 radical (unpaired) electrons. The Hall–Kier alpha value is -1.21. The number of nitro benzene ring substituents is 1. The average molecular weight is 302 g/mol. The minimum atomic E-state index is -1.14. The first-order chi connectivity index (χ1) is 9.52. The first-order valence-corrected chi connectivity index (χ1v) is 7.70. The van der Waals surface area contributed by atoms with Crippen LogP contribution in [-0.2, 0) is 6.54 Å². The second-order valence-corrected chi connectivity index (χ2v) is 5.92. The third kappa shape index (κ3) is 3.27. The molecule has 0 saturated heterocycles. The third-order valence-corrected chi connectivity index (χ3v) is 4.79. The van der Waals surface area contributed by atoms with Gasteiger partial charge in [0.25, 0.3) is 0 Å². The minimum absolute atomic E-state index is 0.129. The molecule has 20 heavy (non-hydrogen) atoms. The Bertz CT molecular complexity index is 513. The molecule has 0 heterocycles. The van der Waals surface area contributed by atoms with Gasteiger partial charge in [-0.25, -0.2) is 4.39 Å². The molecule has 0 amide bonds. The molecule has 1 aliphatic carbocycles. The van der Waals surface area contributed by atoms with Gasteiger partial charge in [0.1, 0.15) is 5.82 Å². The fraction of sp³-hybridized carbons (Fsp3) is 0.538. The van der Waals surface area contributed by atoms with Gasteiger partial charge in [-0.15, -0.1) is 0 Å². The molecule has 0 aromatic heterocycles. The van der Waals surface area contributed by atoms with Crippen molar-refractivity contribution in [1.82, 2.24) is 5.32 Å². The molecule has 4 nitrogen and oxygen atoms in total. The normalized spacial score (nSPS) is 22.1. The highest BCUT2D eigenvalue weighted by Crippen LogP contribution is 2.29. The molecule has 1 aromatic carbocycles. The first kappa shape index (κ1) is 15.2. The van der Waals surface area contributed by atoms with Gasteiger partial charge >= 0.3 is 5.69 Å². The van der Waals surface area contributed by atoms with Crippen LogP contribution in [0.5, 0.6) is 0 Å². The number of halogens is 2. The third-order valence-electron chi connectivity index (χ3n) is 3.62. The van der Waals surface area contributed by atoms with Crippen LogP contribution in [0.25, 0.3) is 0 Å². The van der Waals surface area contributed by atoms with Crippen LogP contribution in [0, 0.1) is 21.7 Å². The number of hydrogen-bond donors (Lipinski definition) is 1. The lowest BCUT2D eigenvalue weighted by Crippen LogP contribution is -2.33. The van der Waals surface area contributed by atoms with Crippen LogP contribution < -0.4 is 5.32 Å². The van der Waals surface area contributed by atoms with E-state index in [1.165, 1.54) is 0 Å². The lowest BCUT2D eigenvalue weighted by molar-refractivity contribution is -0.387. The SMILES string of the molecule is CSC1CCCC1NCc1cc([N+](=O)[O-])c(F)cc1F. The van der Waals surface area contributed by atoms with E-state index in [0.717, 1.165) is 25.3 Å². The number of thioether (sulfide) groups is 1. The summed E-state index contributed by atoms with van der Waals surface area (Å²) in [6, 6.07) is 1.82. The number of benzene rings is 1. The van der Waals surface area contributed by atoms with Gasteiger partial charge in [-0.2, -0.15) is 16.2 Å². The van der Waals surface area contributed by atoms with Crippen LogP contribution in [0.4, 0.5) is 14.5 Å². The molecule has 2 rings (SSSR count). The molecule has 1 N–H and O–H groups in total. The van der Waals surface area contributed by atoms with E-state index in [0.29, 0.717) is 11.3 Å². The molecule has 1 fully saturated rings. The zero-order chi connectivity index (χ0) is 14.7. The Labute approximate surface area is 120 Å². The average Bonchev–Trinajstić information content (AvgIpc) is 2.84. The summed E-state index contributed by atoms with van der Waals surface area (Å²) in [5, 5.41) is 14.4. The summed E-state index contributed by atoms with van der Waals surface area (Å²) in [6.45, 7) is 0.175. The van der Waals surface area contributed by atoms with E-state index in [1.807, 2.05) is 6.26 Å². The Morgan fingerprint density at radius 1 is 1.40 bits per heavy atom. The van der Waals surface area contributed by atoms with Gasteiger partial charge in [0.05, 0.1) is 4.92 Å². The Morgan fingerprint density at radius 3 is 2.80 bits per heavy atom. The highest BCUT2D eigenvalue weighted by molar-refractivity contribution is 7.99. The van der Waals surface area contributed by atoms with Crippen LogP contribution in [-0.4, -0.2) is 22.5 Å². The predicted molar refractivity (Wildman–Crippen MR) is 74.8 cm³/mol. The second kappa shape index (κ2) is 6.49. The van der Waals surface area contributed by atoms with Crippen molar-refractivity contribution in [2.45, 2.75) is 37.1 Å². The van der Waals surface area contributed by atoms with Crippen molar-refractivity contribution in [2.75, 3.05) is 6.26 Å². The van der Waals surface area contributed by atoms with E-state index in [9.17, 15) is 18.9 Å². The van der Waals surface area contributed by atoms with Crippen LogP contribution in [0.1, 0.15) is 24.8 Å². The quantitative estimate of drug-likeness (QED) is 0.670. The van der Waals surface area contributed by atoms with Crippen molar-refractivity contribution in [1.29, 1.82) is 0 Å². The van der Waals surface area contributed by atoms with Crippen molar-refractivity contribution in [2.24, 2.45) is 0 Å². The number of rotatable bonds is 5. The maximum absolute atomic E-state index is 13.6. The van der Waals surface area contributed by atoms with E-state index in [2.05, 4.69) is 5.32 Å². The van der Waals surface area contributed by atoms with E-state index < -0.39 is 22.2 Å². The van der Waals surface area contributed by atoms with Gasteiger partial charge < -0.3 is 5.32 Å². The monoisotopic (exact) mass is 302 g/mol. The summed E-state index contributed by atoms with van der Waals surface area (Å²) < 4.78 is 26.9. The van der Waals surface area contributed by atoms with Crippen LogP contribution in [0.3, 0.4) is 0 Å². The number of nitrogens with zero attached hydrogens (tertiary/aromatic N) is 1. The van der Waals surface area contributed by atoms with Crippen molar-refractivity contribution in [3.8, 4) is 0 Å². The molecule has 0 spiro atoms. The summed E-state index contributed by atoms with van der Waals surface area (Å²) in [7, 11) is 0. The van der Waals surface area contributed by atoms with Gasteiger partial charge in [0.15, 0.2) is 0 Å². The zero-order valence-electron chi connectivity index (χ0n) is 11.1. The van der Waals surface area contributed by atoms with Gasteiger partial charge in [-0.05, 0) is 19.1 Å². The Kier molecular flexibility index (Phi) is 4.93.